The van der Waals surface area contributed by atoms with Crippen molar-refractivity contribution in [1.29, 1.82) is 0 Å². The van der Waals surface area contributed by atoms with Crippen molar-refractivity contribution >= 4 is 11.3 Å². The van der Waals surface area contributed by atoms with Crippen LogP contribution in [0.25, 0.3) is 0 Å². The van der Waals surface area contributed by atoms with E-state index in [1.54, 1.807) is 0 Å². The fraction of sp³-hybridized carbons (Fsp3) is 0.714. The highest BCUT2D eigenvalue weighted by Gasteiger charge is 2.50. The molecule has 1 aromatic heterocycles. The Morgan fingerprint density at radius 2 is 2.19 bits per heavy atom. The van der Waals surface area contributed by atoms with Gasteiger partial charge in [0.05, 0.1) is 0 Å². The number of nitrogens with one attached hydrogen (secondary N) is 1. The Morgan fingerprint density at radius 1 is 1.50 bits per heavy atom. The van der Waals surface area contributed by atoms with E-state index in [4.69, 9.17) is 0 Å². The molecule has 1 heterocycles. The smallest absolute Gasteiger partial charge is 0.0448 e. The van der Waals surface area contributed by atoms with Crippen LogP contribution in [0.15, 0.2) is 12.1 Å². The Hall–Kier alpha value is -0.340. The maximum atomic E-state index is 3.73. The maximum Gasteiger partial charge on any atom is 0.0448 e. The molecule has 90 valence electrons. The van der Waals surface area contributed by atoms with Crippen LogP contribution < -0.4 is 5.32 Å². The van der Waals surface area contributed by atoms with Gasteiger partial charge in [0.2, 0.25) is 0 Å². The van der Waals surface area contributed by atoms with Crippen molar-refractivity contribution in [2.24, 2.45) is 11.3 Å². The molecule has 2 unspecified atom stereocenters. The van der Waals surface area contributed by atoms with Gasteiger partial charge in [-0.1, -0.05) is 20.8 Å². The first kappa shape index (κ1) is 12.1. The average molecular weight is 237 g/mol. The number of aryl methyl sites for hydroxylation is 1. The van der Waals surface area contributed by atoms with E-state index in [-0.39, 0.29) is 0 Å². The molecule has 1 aliphatic rings. The third kappa shape index (κ3) is 2.49. The Kier molecular flexibility index (Phi) is 3.41. The second kappa shape index (κ2) is 4.50. The SMILES string of the molecule is CCCNC(c1ccc(C)s1)C1CC1(C)C. The van der Waals surface area contributed by atoms with Crippen molar-refractivity contribution in [3.05, 3.63) is 21.9 Å². The van der Waals surface area contributed by atoms with E-state index in [1.165, 1.54) is 22.6 Å². The van der Waals surface area contributed by atoms with E-state index in [1.807, 2.05) is 11.3 Å². The van der Waals surface area contributed by atoms with Crippen molar-refractivity contribution in [1.82, 2.24) is 5.32 Å². The molecule has 1 aliphatic carbocycles. The molecular weight excluding hydrogens is 214 g/mol. The first-order chi connectivity index (χ1) is 7.54. The minimum Gasteiger partial charge on any atom is -0.309 e. The summed E-state index contributed by atoms with van der Waals surface area (Å²) in [4.78, 5) is 2.96. The largest absolute Gasteiger partial charge is 0.309 e. The minimum atomic E-state index is 0.545. The number of hydrogen-bond donors (Lipinski definition) is 1. The van der Waals surface area contributed by atoms with Crippen molar-refractivity contribution < 1.29 is 0 Å². The van der Waals surface area contributed by atoms with Gasteiger partial charge in [0.15, 0.2) is 0 Å². The van der Waals surface area contributed by atoms with E-state index in [9.17, 15) is 0 Å². The van der Waals surface area contributed by atoms with Crippen LogP contribution in [0.3, 0.4) is 0 Å². The second-order valence-electron chi connectivity index (χ2n) is 5.68. The number of hydrogen-bond acceptors (Lipinski definition) is 2. The first-order valence-electron chi connectivity index (χ1n) is 6.34. The van der Waals surface area contributed by atoms with Crippen LogP contribution in [0, 0.1) is 18.3 Å². The Labute approximate surface area is 103 Å². The van der Waals surface area contributed by atoms with Gasteiger partial charge < -0.3 is 5.32 Å². The summed E-state index contributed by atoms with van der Waals surface area (Å²) < 4.78 is 0. The fourth-order valence-electron chi connectivity index (χ4n) is 2.44. The molecule has 0 aromatic carbocycles. The lowest BCUT2D eigenvalue weighted by Crippen LogP contribution is -2.24. The molecule has 2 atom stereocenters. The van der Waals surface area contributed by atoms with Gasteiger partial charge in [0, 0.05) is 15.8 Å². The predicted octanol–water partition coefficient (Wildman–Crippen LogP) is 4.14. The molecule has 16 heavy (non-hydrogen) atoms. The number of thiophene rings is 1. The van der Waals surface area contributed by atoms with Crippen LogP contribution in [0.5, 0.6) is 0 Å². The summed E-state index contributed by atoms with van der Waals surface area (Å²) in [5.41, 5.74) is 0.545. The molecule has 1 fully saturated rings. The quantitative estimate of drug-likeness (QED) is 0.811. The van der Waals surface area contributed by atoms with E-state index in [2.05, 4.69) is 45.1 Å². The van der Waals surface area contributed by atoms with Crippen molar-refractivity contribution in [2.75, 3.05) is 6.54 Å². The van der Waals surface area contributed by atoms with Gasteiger partial charge in [0.1, 0.15) is 0 Å². The third-order valence-corrected chi connectivity index (χ3v) is 4.76. The van der Waals surface area contributed by atoms with Crippen molar-refractivity contribution in [3.8, 4) is 0 Å². The highest BCUT2D eigenvalue weighted by molar-refractivity contribution is 7.12. The van der Waals surface area contributed by atoms with E-state index < -0.39 is 0 Å². The van der Waals surface area contributed by atoms with Crippen LogP contribution in [0.1, 0.15) is 49.4 Å². The summed E-state index contributed by atoms with van der Waals surface area (Å²) in [6.45, 7) is 10.3. The van der Waals surface area contributed by atoms with Gasteiger partial charge in [-0.05, 0) is 49.8 Å². The fourth-order valence-corrected chi connectivity index (χ4v) is 3.46. The molecular formula is C14H23NS. The van der Waals surface area contributed by atoms with Gasteiger partial charge >= 0.3 is 0 Å². The lowest BCUT2D eigenvalue weighted by Gasteiger charge is -2.19. The minimum absolute atomic E-state index is 0.545. The summed E-state index contributed by atoms with van der Waals surface area (Å²) in [7, 11) is 0. The molecule has 1 saturated carbocycles. The van der Waals surface area contributed by atoms with Crippen LogP contribution in [-0.4, -0.2) is 6.54 Å². The molecule has 0 aliphatic heterocycles. The summed E-state index contributed by atoms with van der Waals surface area (Å²) in [6.07, 6.45) is 2.58. The van der Waals surface area contributed by atoms with Crippen LogP contribution in [-0.2, 0) is 0 Å². The molecule has 1 nitrogen and oxygen atoms in total. The average Bonchev–Trinajstić information content (AvgIpc) is 2.64. The standard InChI is InChI=1S/C14H23NS/c1-5-8-15-13(11-9-14(11,3)4)12-7-6-10(2)16-12/h6-7,11,13,15H,5,8-9H2,1-4H3. The monoisotopic (exact) mass is 237 g/mol. The summed E-state index contributed by atoms with van der Waals surface area (Å²) >= 11 is 1.95. The van der Waals surface area contributed by atoms with Crippen LogP contribution >= 0.6 is 11.3 Å². The Balaban J connectivity index is 2.09. The van der Waals surface area contributed by atoms with Gasteiger partial charge in [0.25, 0.3) is 0 Å². The van der Waals surface area contributed by atoms with Crippen molar-refractivity contribution in [2.45, 2.75) is 46.6 Å². The summed E-state index contributed by atoms with van der Waals surface area (Å²) in [6, 6.07) is 5.14. The summed E-state index contributed by atoms with van der Waals surface area (Å²) in [5, 5.41) is 3.73. The lowest BCUT2D eigenvalue weighted by molar-refractivity contribution is 0.421. The molecule has 0 spiro atoms. The lowest BCUT2D eigenvalue weighted by atomic mass is 10.0. The molecule has 0 saturated heterocycles. The molecule has 0 bridgehead atoms. The zero-order valence-corrected chi connectivity index (χ0v) is 11.7. The zero-order chi connectivity index (χ0) is 11.8. The Bertz CT molecular complexity index is 353. The van der Waals surface area contributed by atoms with Gasteiger partial charge in [-0.3, -0.25) is 0 Å². The first-order valence-corrected chi connectivity index (χ1v) is 7.16. The van der Waals surface area contributed by atoms with E-state index in [0.717, 1.165) is 12.5 Å². The predicted molar refractivity (Wildman–Crippen MR) is 72.0 cm³/mol. The molecule has 1 aromatic rings. The maximum absolute atomic E-state index is 3.73. The van der Waals surface area contributed by atoms with Gasteiger partial charge in [-0.25, -0.2) is 0 Å². The van der Waals surface area contributed by atoms with Crippen LogP contribution in [0.2, 0.25) is 0 Å². The van der Waals surface area contributed by atoms with Gasteiger partial charge in [-0.2, -0.15) is 0 Å². The van der Waals surface area contributed by atoms with Crippen LogP contribution in [0.4, 0.5) is 0 Å². The summed E-state index contributed by atoms with van der Waals surface area (Å²) in [5.74, 6) is 0.831. The second-order valence-corrected chi connectivity index (χ2v) is 7.00. The zero-order valence-electron chi connectivity index (χ0n) is 10.8. The molecule has 0 radical (unpaired) electrons. The van der Waals surface area contributed by atoms with Gasteiger partial charge in [-0.15, -0.1) is 11.3 Å². The van der Waals surface area contributed by atoms with Crippen molar-refractivity contribution in [3.63, 3.8) is 0 Å². The third-order valence-electron chi connectivity index (χ3n) is 3.67. The normalized spacial score (nSPS) is 24.4. The molecule has 2 rings (SSSR count). The van der Waals surface area contributed by atoms with E-state index in [0.29, 0.717) is 11.5 Å². The highest BCUT2D eigenvalue weighted by atomic mass is 32.1. The topological polar surface area (TPSA) is 12.0 Å². The molecule has 2 heteroatoms. The molecule has 0 amide bonds. The number of rotatable bonds is 5. The highest BCUT2D eigenvalue weighted by Crippen LogP contribution is 2.58. The van der Waals surface area contributed by atoms with E-state index >= 15 is 0 Å². The molecule has 1 N–H and O–H groups in total. The Morgan fingerprint density at radius 3 is 2.62 bits per heavy atom.